The minimum atomic E-state index is -4.28. The van der Waals surface area contributed by atoms with Crippen LogP contribution < -0.4 is 5.32 Å². The van der Waals surface area contributed by atoms with Gasteiger partial charge in [0.25, 0.3) is 20.0 Å². The van der Waals surface area contributed by atoms with E-state index in [-0.39, 0.29) is 34.6 Å². The van der Waals surface area contributed by atoms with Crippen molar-refractivity contribution in [2.24, 2.45) is 0 Å². The van der Waals surface area contributed by atoms with Gasteiger partial charge in [0, 0.05) is 56.3 Å². The van der Waals surface area contributed by atoms with Crippen LogP contribution in [0.1, 0.15) is 27.2 Å². The third kappa shape index (κ3) is 7.26. The standard InChI is InChI=1S/C28H37ClN4O7S2/c1-28(2,3)40-27(34)31(16-17-39-4)14-12-23-20-32(15-13-30-23)42(37,38)26-19-21-18-22(29)10-11-25(21)33(26)41(35,36)24-8-6-5-7-9-24/h5-11,18-19,23,30H,12-17,20H2,1-4H3. The minimum absolute atomic E-state index is 0.0367. The summed E-state index contributed by atoms with van der Waals surface area (Å²) in [7, 11) is -7.00. The molecule has 1 saturated heterocycles. The molecule has 230 valence electrons. The minimum Gasteiger partial charge on any atom is -0.444 e. The van der Waals surface area contributed by atoms with Crippen LogP contribution in [0.25, 0.3) is 10.9 Å². The number of rotatable bonds is 10. The molecule has 0 radical (unpaired) electrons. The molecule has 1 aromatic heterocycles. The molecule has 2 heterocycles. The number of nitrogens with zero attached hydrogens (tertiary/aromatic N) is 3. The maximum Gasteiger partial charge on any atom is 0.410 e. The molecule has 1 unspecified atom stereocenters. The van der Waals surface area contributed by atoms with Crippen LogP contribution in [0.5, 0.6) is 0 Å². The molecule has 1 amide bonds. The molecule has 0 spiro atoms. The number of halogens is 1. The molecule has 1 atom stereocenters. The first-order valence-electron chi connectivity index (χ1n) is 13.6. The van der Waals surface area contributed by atoms with E-state index in [9.17, 15) is 21.6 Å². The fourth-order valence-corrected chi connectivity index (χ4v) is 8.47. The maximum absolute atomic E-state index is 14.1. The van der Waals surface area contributed by atoms with Crippen molar-refractivity contribution in [3.8, 4) is 0 Å². The van der Waals surface area contributed by atoms with Crippen LogP contribution in [-0.4, -0.2) is 94.2 Å². The van der Waals surface area contributed by atoms with Crippen molar-refractivity contribution < 1.29 is 31.1 Å². The lowest BCUT2D eigenvalue weighted by Crippen LogP contribution is -2.54. The zero-order valence-electron chi connectivity index (χ0n) is 24.1. The van der Waals surface area contributed by atoms with Crippen LogP contribution in [0.4, 0.5) is 4.79 Å². The van der Waals surface area contributed by atoms with E-state index in [1.54, 1.807) is 52.1 Å². The van der Waals surface area contributed by atoms with Crippen LogP contribution in [0.2, 0.25) is 5.02 Å². The summed E-state index contributed by atoms with van der Waals surface area (Å²) in [4.78, 5) is 14.3. The topological polar surface area (TPSA) is 127 Å². The first-order chi connectivity index (χ1) is 19.7. The lowest BCUT2D eigenvalue weighted by molar-refractivity contribution is 0.0192. The Kier molecular flexibility index (Phi) is 9.90. The molecule has 14 heteroatoms. The van der Waals surface area contributed by atoms with Gasteiger partial charge in [-0.2, -0.15) is 4.31 Å². The predicted octanol–water partition coefficient (Wildman–Crippen LogP) is 3.77. The average molecular weight is 641 g/mol. The van der Waals surface area contributed by atoms with Crippen molar-refractivity contribution >= 4 is 48.6 Å². The number of piperazine rings is 1. The zero-order valence-corrected chi connectivity index (χ0v) is 26.5. The third-order valence-corrected chi connectivity index (χ3v) is 10.7. The number of benzene rings is 2. The Balaban J connectivity index is 1.62. The van der Waals surface area contributed by atoms with Gasteiger partial charge in [-0.05, 0) is 63.6 Å². The van der Waals surface area contributed by atoms with Crippen LogP contribution in [-0.2, 0) is 29.5 Å². The smallest absolute Gasteiger partial charge is 0.410 e. The van der Waals surface area contributed by atoms with Gasteiger partial charge in [0.2, 0.25) is 0 Å². The number of hydrogen-bond acceptors (Lipinski definition) is 8. The van der Waals surface area contributed by atoms with E-state index in [4.69, 9.17) is 21.1 Å². The Morgan fingerprint density at radius 2 is 1.76 bits per heavy atom. The van der Waals surface area contributed by atoms with Gasteiger partial charge in [0.05, 0.1) is 17.0 Å². The number of hydrogen-bond donors (Lipinski definition) is 1. The molecule has 3 aromatic rings. The maximum atomic E-state index is 14.1. The molecule has 0 aliphatic carbocycles. The van der Waals surface area contributed by atoms with Crippen molar-refractivity contribution in [3.63, 3.8) is 0 Å². The fourth-order valence-electron chi connectivity index (χ4n) is 4.73. The SMILES string of the molecule is COCCN(CCC1CN(S(=O)(=O)c2cc3cc(Cl)ccc3n2S(=O)(=O)c2ccccc2)CCN1)C(=O)OC(C)(C)C. The number of fused-ring (bicyclic) bond motifs is 1. The number of ether oxygens (including phenoxy) is 2. The van der Waals surface area contributed by atoms with E-state index in [0.717, 1.165) is 3.97 Å². The average Bonchev–Trinajstić information content (AvgIpc) is 3.33. The van der Waals surface area contributed by atoms with Crippen molar-refractivity contribution in [1.29, 1.82) is 0 Å². The number of sulfonamides is 1. The fraction of sp³-hybridized carbons (Fsp3) is 0.464. The Bertz CT molecular complexity index is 1620. The van der Waals surface area contributed by atoms with E-state index in [0.29, 0.717) is 43.1 Å². The van der Waals surface area contributed by atoms with Crippen molar-refractivity contribution in [2.45, 2.75) is 48.8 Å². The normalized spacial score (nSPS) is 16.9. The summed E-state index contributed by atoms with van der Waals surface area (Å²) in [5.74, 6) is 0. The summed E-state index contributed by atoms with van der Waals surface area (Å²) < 4.78 is 68.7. The first kappa shape index (κ1) is 32.2. The van der Waals surface area contributed by atoms with Crippen molar-refractivity contribution in [1.82, 2.24) is 18.5 Å². The third-order valence-electron chi connectivity index (χ3n) is 6.76. The second-order valence-corrected chi connectivity index (χ2v) is 15.1. The molecule has 2 aromatic carbocycles. The summed E-state index contributed by atoms with van der Waals surface area (Å²) in [5, 5.41) is 3.70. The number of carbonyl (C=O) groups is 1. The quantitative estimate of drug-likeness (QED) is 0.355. The highest BCUT2D eigenvalue weighted by Gasteiger charge is 2.36. The lowest BCUT2D eigenvalue weighted by atomic mass is 10.1. The van der Waals surface area contributed by atoms with E-state index in [2.05, 4.69) is 5.32 Å². The highest BCUT2D eigenvalue weighted by Crippen LogP contribution is 2.32. The molecule has 0 saturated carbocycles. The molecule has 1 aliphatic heterocycles. The number of methoxy groups -OCH3 is 1. The molecular weight excluding hydrogens is 604 g/mol. The summed E-state index contributed by atoms with van der Waals surface area (Å²) in [5.41, 5.74) is -0.460. The van der Waals surface area contributed by atoms with Gasteiger partial charge in [-0.1, -0.05) is 29.8 Å². The van der Waals surface area contributed by atoms with E-state index in [1.807, 2.05) is 0 Å². The summed E-state index contributed by atoms with van der Waals surface area (Å²) in [6.07, 6.45) is -0.0373. The van der Waals surface area contributed by atoms with Gasteiger partial charge < -0.3 is 19.7 Å². The summed E-state index contributed by atoms with van der Waals surface area (Å²) in [6, 6.07) is 13.3. The second-order valence-electron chi connectivity index (χ2n) is 11.0. The largest absolute Gasteiger partial charge is 0.444 e. The van der Waals surface area contributed by atoms with Gasteiger partial charge in [-0.15, -0.1) is 0 Å². The summed E-state index contributed by atoms with van der Waals surface area (Å²) in [6.45, 7) is 6.90. The molecule has 11 nitrogen and oxygen atoms in total. The highest BCUT2D eigenvalue weighted by atomic mass is 35.5. The molecule has 1 aliphatic rings. The Morgan fingerprint density at radius 3 is 2.43 bits per heavy atom. The van der Waals surface area contributed by atoms with Gasteiger partial charge >= 0.3 is 6.09 Å². The van der Waals surface area contributed by atoms with E-state index in [1.165, 1.54) is 39.5 Å². The zero-order chi connectivity index (χ0) is 30.7. The summed E-state index contributed by atoms with van der Waals surface area (Å²) >= 11 is 6.17. The van der Waals surface area contributed by atoms with Gasteiger partial charge in [0.15, 0.2) is 5.03 Å². The van der Waals surface area contributed by atoms with Crippen molar-refractivity contribution in [3.05, 3.63) is 59.6 Å². The van der Waals surface area contributed by atoms with Crippen LogP contribution in [0.15, 0.2) is 64.5 Å². The van der Waals surface area contributed by atoms with Crippen LogP contribution in [0, 0.1) is 0 Å². The van der Waals surface area contributed by atoms with Crippen LogP contribution >= 0.6 is 11.6 Å². The van der Waals surface area contributed by atoms with Gasteiger partial charge in [0.1, 0.15) is 5.60 Å². The second kappa shape index (κ2) is 12.9. The van der Waals surface area contributed by atoms with E-state index >= 15 is 0 Å². The molecular formula is C28H37ClN4O7S2. The lowest BCUT2D eigenvalue weighted by Gasteiger charge is -2.34. The van der Waals surface area contributed by atoms with Crippen molar-refractivity contribution in [2.75, 3.05) is 46.4 Å². The first-order valence-corrected chi connectivity index (χ1v) is 16.8. The molecule has 4 rings (SSSR count). The molecule has 1 fully saturated rings. The predicted molar refractivity (Wildman–Crippen MR) is 161 cm³/mol. The van der Waals surface area contributed by atoms with Gasteiger partial charge in [-0.25, -0.2) is 25.6 Å². The molecule has 1 N–H and O–H groups in total. The Morgan fingerprint density at radius 1 is 1.05 bits per heavy atom. The Labute approximate surface area is 252 Å². The van der Waals surface area contributed by atoms with Gasteiger partial charge in [-0.3, -0.25) is 0 Å². The Hall–Kier alpha value is -2.68. The monoisotopic (exact) mass is 640 g/mol. The molecule has 42 heavy (non-hydrogen) atoms. The number of carbonyl (C=O) groups excluding carboxylic acids is 1. The van der Waals surface area contributed by atoms with Crippen LogP contribution in [0.3, 0.4) is 0 Å². The number of aromatic nitrogens is 1. The highest BCUT2D eigenvalue weighted by molar-refractivity contribution is 7.92. The number of nitrogens with one attached hydrogen (secondary N) is 1. The molecule has 0 bridgehead atoms. The van der Waals surface area contributed by atoms with E-state index < -0.39 is 31.7 Å². The number of amides is 1.